The van der Waals surface area contributed by atoms with Crippen LogP contribution < -0.4 is 5.73 Å². The maximum absolute atomic E-state index is 12.6. The van der Waals surface area contributed by atoms with Crippen molar-refractivity contribution in [3.05, 3.63) is 0 Å². The molecule has 342 valence electrons. The number of carbonyl (C=O) groups is 1. The van der Waals surface area contributed by atoms with Crippen LogP contribution in [-0.4, -0.2) is 49.9 Å². The molecule has 0 aliphatic carbocycles. The third-order valence-corrected chi connectivity index (χ3v) is 12.3. The summed E-state index contributed by atoms with van der Waals surface area (Å²) in [5.41, 5.74) is 5.38. The van der Waals surface area contributed by atoms with Gasteiger partial charge < -0.3 is 20.1 Å². The summed E-state index contributed by atoms with van der Waals surface area (Å²) in [5, 5.41) is 0. The molecule has 0 aromatic heterocycles. The van der Waals surface area contributed by atoms with Crippen molar-refractivity contribution in [1.82, 2.24) is 0 Å². The molecular weight excluding hydrogens is 734 g/mol. The molecule has 0 aromatic carbocycles. The quantitative estimate of drug-likeness (QED) is 0.0354. The zero-order valence-electron chi connectivity index (χ0n) is 38.1. The van der Waals surface area contributed by atoms with Gasteiger partial charge in [-0.25, -0.2) is 4.57 Å². The van der Waals surface area contributed by atoms with Gasteiger partial charge in [0.15, 0.2) is 0 Å². The predicted molar refractivity (Wildman–Crippen MR) is 243 cm³/mol. The standard InChI is InChI=1S/C48H98NO7P/c1-3-5-7-9-11-13-15-17-19-20-21-22-23-24-25-26-27-28-30-32-34-36-38-40-43-53-45-47(46-55-57(51,52)54-44-42-49)56-48(50)41-39-37-35-33-31-29-18-16-14-12-10-8-6-4-2/h47H,3-46,49H2,1-2H3,(H,51,52). The van der Waals surface area contributed by atoms with Crippen molar-refractivity contribution < 1.29 is 32.8 Å². The average molecular weight is 832 g/mol. The van der Waals surface area contributed by atoms with Crippen molar-refractivity contribution in [2.75, 3.05) is 33.0 Å². The van der Waals surface area contributed by atoms with E-state index >= 15 is 0 Å². The number of nitrogens with two attached hydrogens (primary N) is 1. The van der Waals surface area contributed by atoms with E-state index in [4.69, 9.17) is 24.3 Å². The maximum atomic E-state index is 12.6. The van der Waals surface area contributed by atoms with Crippen molar-refractivity contribution in [2.45, 2.75) is 270 Å². The van der Waals surface area contributed by atoms with Gasteiger partial charge in [0.2, 0.25) is 0 Å². The van der Waals surface area contributed by atoms with Crippen molar-refractivity contribution in [3.63, 3.8) is 0 Å². The molecule has 0 aromatic rings. The van der Waals surface area contributed by atoms with Gasteiger partial charge in [-0.15, -0.1) is 0 Å². The van der Waals surface area contributed by atoms with Crippen LogP contribution in [0.4, 0.5) is 0 Å². The van der Waals surface area contributed by atoms with Gasteiger partial charge in [0.1, 0.15) is 6.10 Å². The summed E-state index contributed by atoms with van der Waals surface area (Å²) < 4.78 is 33.5. The first-order chi connectivity index (χ1) is 27.9. The number of phosphoric acid groups is 1. The zero-order chi connectivity index (χ0) is 41.6. The lowest BCUT2D eigenvalue weighted by Gasteiger charge is -2.20. The lowest BCUT2D eigenvalue weighted by Crippen LogP contribution is -2.28. The number of esters is 1. The molecule has 0 radical (unpaired) electrons. The molecule has 0 spiro atoms. The Morgan fingerprint density at radius 1 is 0.456 bits per heavy atom. The molecule has 0 aliphatic heterocycles. The van der Waals surface area contributed by atoms with Crippen molar-refractivity contribution in [3.8, 4) is 0 Å². The van der Waals surface area contributed by atoms with Gasteiger partial charge in [-0.1, -0.05) is 245 Å². The molecule has 3 N–H and O–H groups in total. The Balaban J connectivity index is 3.84. The van der Waals surface area contributed by atoms with E-state index in [2.05, 4.69) is 13.8 Å². The van der Waals surface area contributed by atoms with E-state index in [0.29, 0.717) is 13.0 Å². The highest BCUT2D eigenvalue weighted by atomic mass is 31.2. The largest absolute Gasteiger partial charge is 0.472 e. The van der Waals surface area contributed by atoms with E-state index in [9.17, 15) is 14.3 Å². The normalized spacial score (nSPS) is 13.3. The third-order valence-electron chi connectivity index (χ3n) is 11.3. The lowest BCUT2D eigenvalue weighted by atomic mass is 10.0. The van der Waals surface area contributed by atoms with E-state index < -0.39 is 13.9 Å². The Kier molecular flexibility index (Phi) is 46.2. The molecule has 0 rings (SSSR count). The Hall–Kier alpha value is -0.500. The summed E-state index contributed by atoms with van der Waals surface area (Å²) in [7, 11) is -4.27. The molecule has 9 heteroatoms. The van der Waals surface area contributed by atoms with E-state index in [1.165, 1.54) is 212 Å². The molecule has 0 fully saturated rings. The van der Waals surface area contributed by atoms with E-state index in [0.717, 1.165) is 32.1 Å². The SMILES string of the molecule is CCCCCCCCCCCCCCCCCCCCCCCCCCOCC(COP(=O)(O)OCCN)OC(=O)CCCCCCCCCCCCCCCC. The van der Waals surface area contributed by atoms with Crippen molar-refractivity contribution >= 4 is 13.8 Å². The number of carbonyl (C=O) groups excluding carboxylic acids is 1. The minimum atomic E-state index is -4.27. The van der Waals surface area contributed by atoms with Gasteiger partial charge in [-0.05, 0) is 12.8 Å². The Bertz CT molecular complexity index is 848. The molecule has 0 heterocycles. The van der Waals surface area contributed by atoms with Crippen LogP contribution in [0.1, 0.15) is 264 Å². The predicted octanol–water partition coefficient (Wildman–Crippen LogP) is 15.3. The van der Waals surface area contributed by atoms with Crippen LogP contribution in [0.5, 0.6) is 0 Å². The molecule has 8 nitrogen and oxygen atoms in total. The second-order valence-electron chi connectivity index (χ2n) is 17.1. The van der Waals surface area contributed by atoms with Crippen LogP contribution in [0, 0.1) is 0 Å². The molecule has 0 aliphatic rings. The fourth-order valence-electron chi connectivity index (χ4n) is 7.59. The average Bonchev–Trinajstić information content (AvgIpc) is 3.20. The molecule has 57 heavy (non-hydrogen) atoms. The Labute approximate surface area is 354 Å². The summed E-state index contributed by atoms with van der Waals surface area (Å²) in [6, 6.07) is 0. The smallest absolute Gasteiger partial charge is 0.457 e. The molecule has 0 amide bonds. The van der Waals surface area contributed by atoms with E-state index in [-0.39, 0.29) is 32.3 Å². The number of unbranched alkanes of at least 4 members (excludes halogenated alkanes) is 36. The molecule has 2 atom stereocenters. The van der Waals surface area contributed by atoms with Crippen LogP contribution >= 0.6 is 7.82 Å². The molecule has 0 bridgehead atoms. The number of hydrogen-bond donors (Lipinski definition) is 2. The summed E-state index contributed by atoms with van der Waals surface area (Å²) in [6.45, 7) is 5.00. The number of ether oxygens (including phenoxy) is 2. The summed E-state index contributed by atoms with van der Waals surface area (Å²) in [6.07, 6.45) is 50.0. The van der Waals surface area contributed by atoms with Crippen molar-refractivity contribution in [1.29, 1.82) is 0 Å². The third kappa shape index (κ3) is 46.4. The van der Waals surface area contributed by atoms with Gasteiger partial charge in [0.05, 0.1) is 19.8 Å². The highest BCUT2D eigenvalue weighted by Gasteiger charge is 2.25. The summed E-state index contributed by atoms with van der Waals surface area (Å²) in [5.74, 6) is -0.323. The topological polar surface area (TPSA) is 117 Å². The van der Waals surface area contributed by atoms with E-state index in [1.54, 1.807) is 0 Å². The lowest BCUT2D eigenvalue weighted by molar-refractivity contribution is -0.154. The van der Waals surface area contributed by atoms with Crippen LogP contribution in [0.15, 0.2) is 0 Å². The van der Waals surface area contributed by atoms with Crippen LogP contribution in [-0.2, 0) is 27.9 Å². The van der Waals surface area contributed by atoms with Gasteiger partial charge >= 0.3 is 13.8 Å². The number of hydrogen-bond acceptors (Lipinski definition) is 7. The summed E-state index contributed by atoms with van der Waals surface area (Å²) >= 11 is 0. The fraction of sp³-hybridized carbons (Fsp3) is 0.979. The monoisotopic (exact) mass is 832 g/mol. The minimum absolute atomic E-state index is 0.0899. The van der Waals surface area contributed by atoms with Crippen LogP contribution in [0.2, 0.25) is 0 Å². The maximum Gasteiger partial charge on any atom is 0.472 e. The molecular formula is C48H98NO7P. The Morgan fingerprint density at radius 3 is 1.11 bits per heavy atom. The van der Waals surface area contributed by atoms with Gasteiger partial charge in [0, 0.05) is 19.6 Å². The van der Waals surface area contributed by atoms with Crippen LogP contribution in [0.25, 0.3) is 0 Å². The van der Waals surface area contributed by atoms with Gasteiger partial charge in [-0.3, -0.25) is 13.8 Å². The first-order valence-corrected chi connectivity index (χ1v) is 26.5. The Morgan fingerprint density at radius 2 is 0.772 bits per heavy atom. The zero-order valence-corrected chi connectivity index (χ0v) is 39.0. The molecule has 2 unspecified atom stereocenters. The summed E-state index contributed by atoms with van der Waals surface area (Å²) in [4.78, 5) is 22.5. The number of phosphoric ester groups is 1. The minimum Gasteiger partial charge on any atom is -0.457 e. The second kappa shape index (κ2) is 46.6. The second-order valence-corrected chi connectivity index (χ2v) is 18.5. The van der Waals surface area contributed by atoms with Gasteiger partial charge in [-0.2, -0.15) is 0 Å². The van der Waals surface area contributed by atoms with Crippen LogP contribution in [0.3, 0.4) is 0 Å². The number of rotatable bonds is 49. The van der Waals surface area contributed by atoms with Gasteiger partial charge in [0.25, 0.3) is 0 Å². The molecule has 0 saturated carbocycles. The first-order valence-electron chi connectivity index (χ1n) is 25.0. The molecule has 0 saturated heterocycles. The fourth-order valence-corrected chi connectivity index (χ4v) is 8.35. The van der Waals surface area contributed by atoms with Crippen molar-refractivity contribution in [2.24, 2.45) is 5.73 Å². The first kappa shape index (κ1) is 56.5. The van der Waals surface area contributed by atoms with E-state index in [1.807, 2.05) is 0 Å². The highest BCUT2D eigenvalue weighted by molar-refractivity contribution is 7.47. The highest BCUT2D eigenvalue weighted by Crippen LogP contribution is 2.43.